The van der Waals surface area contributed by atoms with E-state index in [1.807, 2.05) is 29.0 Å². The largest absolute Gasteiger partial charge is 0.352 e. The summed E-state index contributed by atoms with van der Waals surface area (Å²) in [6, 6.07) is 15.7. The van der Waals surface area contributed by atoms with Crippen molar-refractivity contribution in [3.63, 3.8) is 0 Å². The Labute approximate surface area is 208 Å². The Morgan fingerprint density at radius 3 is 2.74 bits per heavy atom. The summed E-state index contributed by atoms with van der Waals surface area (Å²) in [7, 11) is 0. The van der Waals surface area contributed by atoms with Gasteiger partial charge in [-0.25, -0.2) is 4.98 Å². The molecule has 8 nitrogen and oxygen atoms in total. The third-order valence-electron chi connectivity index (χ3n) is 6.23. The van der Waals surface area contributed by atoms with Crippen LogP contribution in [-0.2, 0) is 24.4 Å². The van der Waals surface area contributed by atoms with Gasteiger partial charge in [0, 0.05) is 37.6 Å². The lowest BCUT2D eigenvalue weighted by molar-refractivity contribution is -0.127. The van der Waals surface area contributed by atoms with Gasteiger partial charge in [-0.2, -0.15) is 4.98 Å². The van der Waals surface area contributed by atoms with Crippen LogP contribution in [0, 0.1) is 5.92 Å². The van der Waals surface area contributed by atoms with E-state index in [0.717, 1.165) is 37.1 Å². The molecular formula is C26H27ClN6O2. The maximum absolute atomic E-state index is 12.9. The number of piperidine rings is 1. The SMILES string of the molecule is O=C(NCc1ccc(Cn2ccnc2)cc1)C1CCCN(Cc2nc(-c3ccccc3Cl)no2)C1. The van der Waals surface area contributed by atoms with Crippen molar-refractivity contribution in [2.24, 2.45) is 5.92 Å². The van der Waals surface area contributed by atoms with Crippen LogP contribution in [0.3, 0.4) is 0 Å². The van der Waals surface area contributed by atoms with Crippen molar-refractivity contribution in [1.82, 2.24) is 29.9 Å². The summed E-state index contributed by atoms with van der Waals surface area (Å²) in [5, 5.41) is 7.76. The number of hydrogen-bond donors (Lipinski definition) is 1. The fraction of sp³-hybridized carbons (Fsp3) is 0.308. The molecule has 180 valence electrons. The second-order valence-electron chi connectivity index (χ2n) is 8.84. The fourth-order valence-corrected chi connectivity index (χ4v) is 4.58. The molecular weight excluding hydrogens is 464 g/mol. The molecule has 0 saturated carbocycles. The van der Waals surface area contributed by atoms with Crippen molar-refractivity contribution < 1.29 is 9.32 Å². The van der Waals surface area contributed by atoms with Crippen molar-refractivity contribution in [3.8, 4) is 11.4 Å². The summed E-state index contributed by atoms with van der Waals surface area (Å²) in [5.41, 5.74) is 3.02. The first-order valence-electron chi connectivity index (χ1n) is 11.7. The minimum absolute atomic E-state index is 0.0600. The van der Waals surface area contributed by atoms with Crippen molar-refractivity contribution in [1.29, 1.82) is 0 Å². The van der Waals surface area contributed by atoms with Gasteiger partial charge in [-0.05, 0) is 42.6 Å². The second-order valence-corrected chi connectivity index (χ2v) is 9.24. The first-order valence-corrected chi connectivity index (χ1v) is 12.1. The Bertz CT molecular complexity index is 1260. The number of halogens is 1. The molecule has 0 radical (unpaired) electrons. The van der Waals surface area contributed by atoms with E-state index in [1.165, 1.54) is 5.56 Å². The third kappa shape index (κ3) is 5.96. The lowest BCUT2D eigenvalue weighted by Crippen LogP contribution is -2.42. The van der Waals surface area contributed by atoms with Crippen LogP contribution in [0.4, 0.5) is 0 Å². The lowest BCUT2D eigenvalue weighted by atomic mass is 9.97. The number of rotatable bonds is 8. The zero-order valence-electron chi connectivity index (χ0n) is 19.3. The van der Waals surface area contributed by atoms with Gasteiger partial charge in [0.15, 0.2) is 0 Å². The van der Waals surface area contributed by atoms with Crippen molar-refractivity contribution in [3.05, 3.63) is 89.3 Å². The number of benzene rings is 2. The summed E-state index contributed by atoms with van der Waals surface area (Å²) < 4.78 is 7.48. The number of hydrogen-bond acceptors (Lipinski definition) is 6. The average Bonchev–Trinajstić information content (AvgIpc) is 3.56. The molecule has 9 heteroatoms. The Kier molecular flexibility index (Phi) is 7.20. The van der Waals surface area contributed by atoms with E-state index in [4.69, 9.17) is 16.1 Å². The molecule has 2 aromatic carbocycles. The third-order valence-corrected chi connectivity index (χ3v) is 6.56. The molecule has 2 aromatic heterocycles. The molecule has 5 rings (SSSR count). The molecule has 0 spiro atoms. The van der Waals surface area contributed by atoms with Gasteiger partial charge < -0.3 is 14.4 Å². The number of aromatic nitrogens is 4. The molecule has 1 unspecified atom stereocenters. The molecule has 1 N–H and O–H groups in total. The van der Waals surface area contributed by atoms with Crippen LogP contribution in [-0.4, -0.2) is 43.6 Å². The number of amides is 1. The van der Waals surface area contributed by atoms with Crippen molar-refractivity contribution in [2.75, 3.05) is 13.1 Å². The highest BCUT2D eigenvalue weighted by Crippen LogP contribution is 2.25. The van der Waals surface area contributed by atoms with Gasteiger partial charge in [-0.15, -0.1) is 0 Å². The number of carbonyl (C=O) groups is 1. The maximum Gasteiger partial charge on any atom is 0.241 e. The van der Waals surface area contributed by atoms with E-state index < -0.39 is 0 Å². The Morgan fingerprint density at radius 2 is 1.94 bits per heavy atom. The van der Waals surface area contributed by atoms with Crippen LogP contribution in [0.25, 0.3) is 11.4 Å². The summed E-state index contributed by atoms with van der Waals surface area (Å²) in [4.78, 5) is 23.6. The van der Waals surface area contributed by atoms with E-state index in [2.05, 4.69) is 49.6 Å². The molecule has 3 heterocycles. The maximum atomic E-state index is 12.9. The number of carbonyl (C=O) groups excluding carboxylic acids is 1. The Morgan fingerprint density at radius 1 is 1.11 bits per heavy atom. The van der Waals surface area contributed by atoms with Gasteiger partial charge in [-0.1, -0.05) is 53.2 Å². The molecule has 1 aliphatic heterocycles. The summed E-state index contributed by atoms with van der Waals surface area (Å²) >= 11 is 6.24. The van der Waals surface area contributed by atoms with Crippen LogP contribution >= 0.6 is 11.6 Å². The average molecular weight is 491 g/mol. The van der Waals surface area contributed by atoms with E-state index in [9.17, 15) is 4.79 Å². The van der Waals surface area contributed by atoms with Crippen LogP contribution in [0.1, 0.15) is 29.9 Å². The zero-order chi connectivity index (χ0) is 24.0. The standard InChI is InChI=1S/C26H27ClN6O2/c27-23-6-2-1-5-22(23)25-30-24(35-31-25)17-32-12-3-4-21(16-32)26(34)29-14-19-7-9-20(10-8-19)15-33-13-11-28-18-33/h1-2,5-11,13,18,21H,3-4,12,14-17H2,(H,29,34). The number of likely N-dealkylation sites (tertiary alicyclic amines) is 1. The van der Waals surface area contributed by atoms with Gasteiger partial charge in [0.25, 0.3) is 0 Å². The monoisotopic (exact) mass is 490 g/mol. The summed E-state index contributed by atoms with van der Waals surface area (Å²) in [6.07, 6.45) is 7.35. The number of imidazole rings is 1. The molecule has 1 atom stereocenters. The molecule has 4 aromatic rings. The zero-order valence-corrected chi connectivity index (χ0v) is 20.1. The topological polar surface area (TPSA) is 89.1 Å². The Balaban J connectivity index is 1.12. The van der Waals surface area contributed by atoms with Gasteiger partial charge in [0.1, 0.15) is 0 Å². The van der Waals surface area contributed by atoms with Crippen LogP contribution in [0.5, 0.6) is 0 Å². The predicted molar refractivity (Wildman–Crippen MR) is 132 cm³/mol. The van der Waals surface area contributed by atoms with Crippen LogP contribution in [0.2, 0.25) is 5.02 Å². The molecule has 1 fully saturated rings. The highest BCUT2D eigenvalue weighted by molar-refractivity contribution is 6.33. The second kappa shape index (κ2) is 10.8. The normalized spacial score (nSPS) is 16.3. The van der Waals surface area contributed by atoms with E-state index in [-0.39, 0.29) is 11.8 Å². The first kappa shape index (κ1) is 23.3. The van der Waals surface area contributed by atoms with Crippen LogP contribution < -0.4 is 5.32 Å². The van der Waals surface area contributed by atoms with Gasteiger partial charge in [0.05, 0.1) is 23.8 Å². The van der Waals surface area contributed by atoms with E-state index in [0.29, 0.717) is 36.4 Å². The smallest absolute Gasteiger partial charge is 0.241 e. The summed E-state index contributed by atoms with van der Waals surface area (Å²) in [5.74, 6) is 1.03. The minimum atomic E-state index is -0.0600. The lowest BCUT2D eigenvalue weighted by Gasteiger charge is -2.30. The van der Waals surface area contributed by atoms with Gasteiger partial charge in [-0.3, -0.25) is 9.69 Å². The van der Waals surface area contributed by atoms with Crippen molar-refractivity contribution >= 4 is 17.5 Å². The molecule has 1 saturated heterocycles. The highest BCUT2D eigenvalue weighted by atomic mass is 35.5. The molecule has 1 aliphatic rings. The Hall–Kier alpha value is -3.49. The van der Waals surface area contributed by atoms with E-state index >= 15 is 0 Å². The molecule has 1 amide bonds. The van der Waals surface area contributed by atoms with Gasteiger partial charge in [0.2, 0.25) is 17.6 Å². The quantitative estimate of drug-likeness (QED) is 0.399. The molecule has 0 bridgehead atoms. The predicted octanol–water partition coefficient (Wildman–Crippen LogP) is 4.16. The van der Waals surface area contributed by atoms with Crippen LogP contribution in [0.15, 0.2) is 71.8 Å². The number of nitrogens with one attached hydrogen (secondary N) is 1. The number of nitrogens with zero attached hydrogens (tertiary/aromatic N) is 5. The van der Waals surface area contributed by atoms with Crippen molar-refractivity contribution in [2.45, 2.75) is 32.5 Å². The van der Waals surface area contributed by atoms with Gasteiger partial charge >= 0.3 is 0 Å². The molecule has 35 heavy (non-hydrogen) atoms. The molecule has 0 aliphatic carbocycles. The minimum Gasteiger partial charge on any atom is -0.352 e. The van der Waals surface area contributed by atoms with E-state index in [1.54, 1.807) is 18.6 Å². The first-order chi connectivity index (χ1) is 17.1. The summed E-state index contributed by atoms with van der Waals surface area (Å²) in [6.45, 7) is 3.38. The fourth-order valence-electron chi connectivity index (χ4n) is 4.36. The highest BCUT2D eigenvalue weighted by Gasteiger charge is 2.27.